The second kappa shape index (κ2) is 28.1. The summed E-state index contributed by atoms with van der Waals surface area (Å²) in [6.07, 6.45) is 4.35. The number of hydrogen-bond donors (Lipinski definition) is 3. The van der Waals surface area contributed by atoms with Gasteiger partial charge in [0.25, 0.3) is 11.6 Å². The number of nitrogens with one attached hydrogen (secondary N) is 1. The Balaban J connectivity index is 0.000000521. The number of aryl methyl sites for hydroxylation is 2. The van der Waals surface area contributed by atoms with Gasteiger partial charge in [-0.05, 0) is 86.8 Å². The van der Waals surface area contributed by atoms with Crippen LogP contribution in [0.15, 0.2) is 89.9 Å². The number of hydrogen-bond acceptors (Lipinski definition) is 17. The molecule has 1 aliphatic heterocycles. The molecular formula is C47H62N6O12. The molecule has 5 N–H and O–H groups in total. The molecule has 0 aliphatic carbocycles. The molecule has 0 amide bonds. The summed E-state index contributed by atoms with van der Waals surface area (Å²) in [4.78, 5) is 28.1. The van der Waals surface area contributed by atoms with Crippen LogP contribution in [0.3, 0.4) is 0 Å². The molecule has 0 aromatic heterocycles. The van der Waals surface area contributed by atoms with Crippen molar-refractivity contribution in [1.29, 1.82) is 0 Å². The lowest BCUT2D eigenvalue weighted by Gasteiger charge is -2.27. The van der Waals surface area contributed by atoms with Gasteiger partial charge in [-0.1, -0.05) is 19.1 Å². The Morgan fingerprint density at radius 2 is 1.52 bits per heavy atom. The van der Waals surface area contributed by atoms with E-state index in [0.29, 0.717) is 107 Å². The molecule has 1 heterocycles. The van der Waals surface area contributed by atoms with Gasteiger partial charge in [-0.2, -0.15) is 0 Å². The molecule has 0 unspecified atom stereocenters. The first-order chi connectivity index (χ1) is 31.5. The predicted molar refractivity (Wildman–Crippen MR) is 251 cm³/mol. The minimum absolute atomic E-state index is 0.123. The molecule has 0 saturated carbocycles. The molecule has 0 saturated heterocycles. The Kier molecular flexibility index (Phi) is 22.0. The SMILES string of the molecule is CCCOCCO/C1=C\Nc2ccc(C)cc2OCCN(c2ccc(N)cc2OCCOC)CCOc2cc(C)ccc2N=CCOCCO1.CCOC(=O)c1cc(N)ccc1[N+](=O)[O-]. The van der Waals surface area contributed by atoms with Gasteiger partial charge in [0, 0.05) is 43.4 Å². The zero-order valence-corrected chi connectivity index (χ0v) is 37.9. The van der Waals surface area contributed by atoms with Gasteiger partial charge < -0.3 is 64.3 Å². The zero-order chi connectivity index (χ0) is 46.8. The summed E-state index contributed by atoms with van der Waals surface area (Å²) in [6.45, 7) is 13.0. The van der Waals surface area contributed by atoms with Crippen molar-refractivity contribution in [2.45, 2.75) is 34.1 Å². The first-order valence-electron chi connectivity index (χ1n) is 21.4. The van der Waals surface area contributed by atoms with Crippen LogP contribution < -0.4 is 35.9 Å². The maximum atomic E-state index is 11.3. The number of nitro benzene ring substituents is 1. The van der Waals surface area contributed by atoms with Crippen molar-refractivity contribution in [1.82, 2.24) is 0 Å². The summed E-state index contributed by atoms with van der Waals surface area (Å²) < 4.78 is 51.9. The van der Waals surface area contributed by atoms with E-state index in [1.54, 1.807) is 26.4 Å². The van der Waals surface area contributed by atoms with Gasteiger partial charge in [0.05, 0.1) is 68.6 Å². The van der Waals surface area contributed by atoms with Crippen molar-refractivity contribution in [2.75, 3.05) is 115 Å². The number of nitrogens with zero attached hydrogens (tertiary/aromatic N) is 3. The van der Waals surface area contributed by atoms with Gasteiger partial charge in [-0.25, -0.2) is 4.79 Å². The number of ether oxygens (including phenoxy) is 9. The molecule has 4 aromatic carbocycles. The van der Waals surface area contributed by atoms with Crippen LogP contribution in [0.1, 0.15) is 41.8 Å². The fraction of sp³-hybridized carbons (Fsp3) is 0.404. The highest BCUT2D eigenvalue weighted by Gasteiger charge is 2.21. The molecule has 18 heteroatoms. The Morgan fingerprint density at radius 1 is 0.815 bits per heavy atom. The molecule has 4 aromatic rings. The first-order valence-corrected chi connectivity index (χ1v) is 21.4. The van der Waals surface area contributed by atoms with Gasteiger partial charge in [0.1, 0.15) is 61.5 Å². The van der Waals surface area contributed by atoms with Crippen molar-refractivity contribution in [3.05, 3.63) is 112 Å². The molecule has 352 valence electrons. The second-order valence-electron chi connectivity index (χ2n) is 14.3. The Bertz CT molecular complexity index is 2170. The normalized spacial score (nSPS) is 14.4. The molecule has 65 heavy (non-hydrogen) atoms. The minimum atomic E-state index is -0.739. The predicted octanol–water partition coefficient (Wildman–Crippen LogP) is 7.63. The summed E-state index contributed by atoms with van der Waals surface area (Å²) in [7, 11) is 1.64. The quantitative estimate of drug-likeness (QED) is 0.0364. The number of carbonyl (C=O) groups is 1. The standard InChI is InChI=1S/C38H52N4O8.C9H10N2O4/c1-5-15-44-20-23-49-38-28-41-33-10-7-30(3)26-36(33)47-18-14-42(34-11-8-31(39)27-37(34)48-22-19-43-4)13-17-46-35-25-29(2)6-9-32(35)40-12-16-45-21-24-50-38;1-2-15-9(12)7-5-6(10)3-4-8(7)11(13)14/h6-12,25-28,41H,5,13-24,39H2,1-4H3;3-5H,2,10H2,1H3/b38-28+,40-12?;. The Hall–Kier alpha value is -6.76. The number of carbonyl (C=O) groups excluding carboxylic acids is 1. The van der Waals surface area contributed by atoms with E-state index in [-0.39, 0.29) is 30.2 Å². The monoisotopic (exact) mass is 902 g/mol. The van der Waals surface area contributed by atoms with Crippen molar-refractivity contribution in [3.8, 4) is 17.2 Å². The van der Waals surface area contributed by atoms with Crippen LogP contribution in [-0.2, 0) is 28.4 Å². The minimum Gasteiger partial charge on any atom is -0.490 e. The number of nitrogen functional groups attached to an aromatic ring is 2. The molecule has 0 fully saturated rings. The number of aliphatic imine (C=N–C) groups is 1. The van der Waals surface area contributed by atoms with Gasteiger partial charge in [0.2, 0.25) is 0 Å². The molecule has 0 radical (unpaired) electrons. The molecule has 18 nitrogen and oxygen atoms in total. The fourth-order valence-corrected chi connectivity index (χ4v) is 6.01. The maximum Gasteiger partial charge on any atom is 0.345 e. The lowest BCUT2D eigenvalue weighted by atomic mass is 10.1. The molecule has 0 spiro atoms. The van der Waals surface area contributed by atoms with Gasteiger partial charge in [-0.15, -0.1) is 0 Å². The van der Waals surface area contributed by atoms with Crippen LogP contribution in [0.4, 0.5) is 34.1 Å². The average molecular weight is 903 g/mol. The largest absolute Gasteiger partial charge is 0.490 e. The van der Waals surface area contributed by atoms with E-state index in [9.17, 15) is 14.9 Å². The number of methoxy groups -OCH3 is 1. The smallest absolute Gasteiger partial charge is 0.345 e. The van der Waals surface area contributed by atoms with E-state index in [0.717, 1.165) is 28.9 Å². The number of esters is 1. The van der Waals surface area contributed by atoms with Crippen LogP contribution >= 0.6 is 0 Å². The molecule has 0 atom stereocenters. The van der Waals surface area contributed by atoms with Crippen LogP contribution in [0.25, 0.3) is 0 Å². The van der Waals surface area contributed by atoms with E-state index in [2.05, 4.69) is 26.9 Å². The van der Waals surface area contributed by atoms with E-state index in [1.165, 1.54) is 18.2 Å². The lowest BCUT2D eigenvalue weighted by molar-refractivity contribution is -0.385. The van der Waals surface area contributed by atoms with Gasteiger partial charge in [0.15, 0.2) is 0 Å². The van der Waals surface area contributed by atoms with Crippen LogP contribution in [0.2, 0.25) is 0 Å². The number of nitro groups is 1. The summed E-state index contributed by atoms with van der Waals surface area (Å²) in [5.41, 5.74) is 16.5. The van der Waals surface area contributed by atoms with E-state index in [1.807, 2.05) is 68.4 Å². The summed E-state index contributed by atoms with van der Waals surface area (Å²) in [5.74, 6) is 1.61. The summed E-state index contributed by atoms with van der Waals surface area (Å²) in [5, 5.41) is 13.9. The highest BCUT2D eigenvalue weighted by molar-refractivity contribution is 5.95. The number of benzene rings is 4. The number of anilines is 4. The van der Waals surface area contributed by atoms with E-state index in [4.69, 9.17) is 49.4 Å². The van der Waals surface area contributed by atoms with Crippen molar-refractivity contribution in [3.63, 3.8) is 0 Å². The highest BCUT2D eigenvalue weighted by Crippen LogP contribution is 2.33. The zero-order valence-electron chi connectivity index (χ0n) is 37.9. The number of nitrogens with two attached hydrogens (primary N) is 2. The topological polar surface area (TPSA) is 223 Å². The van der Waals surface area contributed by atoms with Crippen LogP contribution in [-0.4, -0.2) is 110 Å². The van der Waals surface area contributed by atoms with Crippen LogP contribution in [0.5, 0.6) is 17.2 Å². The third-order valence-electron chi connectivity index (χ3n) is 9.13. The lowest BCUT2D eigenvalue weighted by Crippen LogP contribution is -2.33. The van der Waals surface area contributed by atoms with Crippen molar-refractivity contribution >= 4 is 46.3 Å². The number of fused-ring (bicyclic) bond motifs is 2. The third kappa shape index (κ3) is 17.7. The van der Waals surface area contributed by atoms with Crippen LogP contribution in [0, 0.1) is 24.0 Å². The molecule has 5 rings (SSSR count). The fourth-order valence-electron chi connectivity index (χ4n) is 6.01. The number of rotatable bonds is 14. The molecular weight excluding hydrogens is 841 g/mol. The first kappa shape index (κ1) is 50.9. The van der Waals surface area contributed by atoms with Crippen molar-refractivity contribution < 1.29 is 52.3 Å². The molecule has 1 aliphatic rings. The van der Waals surface area contributed by atoms with E-state index < -0.39 is 10.9 Å². The summed E-state index contributed by atoms with van der Waals surface area (Å²) in [6, 6.07) is 21.3. The Morgan fingerprint density at radius 3 is 2.26 bits per heavy atom. The van der Waals surface area contributed by atoms with E-state index >= 15 is 0 Å². The maximum absolute atomic E-state index is 11.3. The third-order valence-corrected chi connectivity index (χ3v) is 9.13. The molecule has 0 bridgehead atoms. The highest BCUT2D eigenvalue weighted by atomic mass is 16.7. The Labute approximate surface area is 380 Å². The van der Waals surface area contributed by atoms with Gasteiger partial charge in [-0.3, -0.25) is 15.1 Å². The van der Waals surface area contributed by atoms with Crippen molar-refractivity contribution in [2.24, 2.45) is 4.99 Å². The average Bonchev–Trinajstić information content (AvgIpc) is 3.28. The summed E-state index contributed by atoms with van der Waals surface area (Å²) >= 11 is 0. The van der Waals surface area contributed by atoms with Gasteiger partial charge >= 0.3 is 5.97 Å². The second-order valence-corrected chi connectivity index (χ2v) is 14.3.